The van der Waals surface area contributed by atoms with Crippen LogP contribution in [0.15, 0.2) is 98.1 Å². The monoisotopic (exact) mass is 483 g/mol. The standard InChI is InChI=1S/C29H29N3O4/c1-28(2,3)22-14-19(15-23(27(22)33)29(4,5)6)26(25-16-18-10-7-8-13-24(18)36-25)31-30-20-11-9-12-21(17-20)32(34)35/h7-17H,1-6H3. The molecule has 0 spiro atoms. The smallest absolute Gasteiger partial charge is 0.271 e. The van der Waals surface area contributed by atoms with E-state index < -0.39 is 15.8 Å². The molecule has 0 saturated carbocycles. The third kappa shape index (κ3) is 5.10. The van der Waals surface area contributed by atoms with Crippen molar-refractivity contribution in [3.63, 3.8) is 0 Å². The minimum Gasteiger partial charge on any atom is -0.454 e. The molecule has 1 aromatic heterocycles. The van der Waals surface area contributed by atoms with Crippen molar-refractivity contribution in [3.8, 4) is 0 Å². The summed E-state index contributed by atoms with van der Waals surface area (Å²) in [6.07, 6.45) is 3.71. The molecule has 4 rings (SSSR count). The second-order valence-corrected chi connectivity index (χ2v) is 10.9. The van der Waals surface area contributed by atoms with E-state index in [1.165, 1.54) is 12.1 Å². The van der Waals surface area contributed by atoms with Crippen molar-refractivity contribution >= 4 is 33.8 Å². The molecule has 1 aliphatic carbocycles. The number of azo groups is 1. The number of benzene rings is 2. The minimum atomic E-state index is -0.471. The summed E-state index contributed by atoms with van der Waals surface area (Å²) in [6.45, 7) is 12.0. The Morgan fingerprint density at radius 2 is 1.53 bits per heavy atom. The molecule has 7 nitrogen and oxygen atoms in total. The molecule has 1 heterocycles. The highest BCUT2D eigenvalue weighted by Crippen LogP contribution is 2.41. The largest absolute Gasteiger partial charge is 0.454 e. The fourth-order valence-electron chi connectivity index (χ4n) is 4.00. The van der Waals surface area contributed by atoms with Crippen LogP contribution in [0.5, 0.6) is 0 Å². The Balaban J connectivity index is 1.98. The van der Waals surface area contributed by atoms with Crippen LogP contribution in [0.3, 0.4) is 0 Å². The average molecular weight is 484 g/mol. The molecule has 0 unspecified atom stereocenters. The number of carbonyl (C=O) groups is 1. The van der Waals surface area contributed by atoms with Crippen LogP contribution < -0.4 is 0 Å². The molecule has 0 fully saturated rings. The number of carbonyl (C=O) groups excluding carboxylic acids is 1. The number of ketones is 1. The van der Waals surface area contributed by atoms with E-state index in [4.69, 9.17) is 4.42 Å². The molecule has 2 aromatic carbocycles. The highest BCUT2D eigenvalue weighted by molar-refractivity contribution is 6.12. The molecule has 0 N–H and O–H groups in total. The Labute approximate surface area is 210 Å². The maximum Gasteiger partial charge on any atom is 0.271 e. The first-order chi connectivity index (χ1) is 16.8. The van der Waals surface area contributed by atoms with Gasteiger partial charge in [0.15, 0.2) is 11.5 Å². The molecule has 0 amide bonds. The quantitative estimate of drug-likeness (QED) is 0.211. The molecule has 36 heavy (non-hydrogen) atoms. The molecule has 3 aromatic rings. The van der Waals surface area contributed by atoms with Crippen LogP contribution in [0.4, 0.5) is 11.4 Å². The van der Waals surface area contributed by atoms with Gasteiger partial charge in [-0.1, -0.05) is 65.8 Å². The summed E-state index contributed by atoms with van der Waals surface area (Å²) in [4.78, 5) is 24.2. The third-order valence-electron chi connectivity index (χ3n) is 5.94. The van der Waals surface area contributed by atoms with Gasteiger partial charge < -0.3 is 4.42 Å². The van der Waals surface area contributed by atoms with Gasteiger partial charge in [0.05, 0.1) is 10.6 Å². The second kappa shape index (κ2) is 9.15. The van der Waals surface area contributed by atoms with Crippen LogP contribution in [0.1, 0.15) is 47.3 Å². The van der Waals surface area contributed by atoms with Crippen molar-refractivity contribution in [1.29, 1.82) is 0 Å². The predicted octanol–water partition coefficient (Wildman–Crippen LogP) is 8.36. The zero-order chi connectivity index (χ0) is 26.3. The first-order valence-corrected chi connectivity index (χ1v) is 11.7. The number of para-hydroxylation sites is 1. The lowest BCUT2D eigenvalue weighted by Crippen LogP contribution is -2.28. The Kier molecular flexibility index (Phi) is 6.35. The molecule has 0 aliphatic heterocycles. The SMILES string of the molecule is CC(C)(C)C1=CC(=C(N=Nc2cccc([N+](=O)[O-])c2)c2cc3ccccc3o2)C=C(C(C)(C)C)C1=O. The van der Waals surface area contributed by atoms with Crippen LogP contribution in [0.2, 0.25) is 0 Å². The Bertz CT molecular complexity index is 1420. The van der Waals surface area contributed by atoms with Gasteiger partial charge in [-0.05, 0) is 41.2 Å². The van der Waals surface area contributed by atoms with Crippen molar-refractivity contribution in [3.05, 3.63) is 99.3 Å². The normalized spacial score (nSPS) is 14.8. The molecule has 184 valence electrons. The van der Waals surface area contributed by atoms with Gasteiger partial charge in [-0.2, -0.15) is 5.11 Å². The number of fused-ring (bicyclic) bond motifs is 1. The molecular formula is C29H29N3O4. The average Bonchev–Trinajstić information content (AvgIpc) is 3.22. The van der Waals surface area contributed by atoms with Crippen LogP contribution in [0, 0.1) is 20.9 Å². The number of non-ortho nitro benzene ring substituents is 1. The number of rotatable bonds is 4. The summed E-state index contributed by atoms with van der Waals surface area (Å²) in [5.41, 5.74) is 2.64. The van der Waals surface area contributed by atoms with Gasteiger partial charge in [-0.3, -0.25) is 14.9 Å². The minimum absolute atomic E-state index is 0.0123. The lowest BCUT2D eigenvalue weighted by atomic mass is 9.71. The van der Waals surface area contributed by atoms with E-state index in [0.29, 0.717) is 39.4 Å². The van der Waals surface area contributed by atoms with Crippen LogP contribution >= 0.6 is 0 Å². The number of nitro groups is 1. The fraction of sp³-hybridized carbons (Fsp3) is 0.276. The first-order valence-electron chi connectivity index (χ1n) is 11.7. The van der Waals surface area contributed by atoms with E-state index >= 15 is 0 Å². The Morgan fingerprint density at radius 1 is 0.889 bits per heavy atom. The molecule has 0 bridgehead atoms. The van der Waals surface area contributed by atoms with Gasteiger partial charge in [-0.25, -0.2) is 0 Å². The number of hydrogen-bond acceptors (Lipinski definition) is 6. The summed E-state index contributed by atoms with van der Waals surface area (Å²) in [7, 11) is 0. The van der Waals surface area contributed by atoms with Gasteiger partial charge in [-0.15, -0.1) is 5.11 Å². The van der Waals surface area contributed by atoms with Crippen molar-refractivity contribution in [2.75, 3.05) is 0 Å². The highest BCUT2D eigenvalue weighted by atomic mass is 16.6. The van der Waals surface area contributed by atoms with Crippen molar-refractivity contribution in [1.82, 2.24) is 0 Å². The Hall–Kier alpha value is -4.13. The van der Waals surface area contributed by atoms with Gasteiger partial charge in [0.25, 0.3) is 5.69 Å². The lowest BCUT2D eigenvalue weighted by Gasteiger charge is -2.31. The van der Waals surface area contributed by atoms with E-state index in [2.05, 4.69) is 10.2 Å². The summed E-state index contributed by atoms with van der Waals surface area (Å²) in [6, 6.07) is 15.5. The summed E-state index contributed by atoms with van der Waals surface area (Å²) in [5.74, 6) is 0.502. The molecule has 7 heteroatoms. The Morgan fingerprint density at radius 3 is 2.11 bits per heavy atom. The van der Waals surface area contributed by atoms with Crippen LogP contribution in [0.25, 0.3) is 16.7 Å². The third-order valence-corrected chi connectivity index (χ3v) is 5.94. The summed E-state index contributed by atoms with van der Waals surface area (Å²) >= 11 is 0. The second-order valence-electron chi connectivity index (χ2n) is 10.9. The van der Waals surface area contributed by atoms with Crippen molar-refractivity contribution in [2.24, 2.45) is 21.1 Å². The van der Waals surface area contributed by atoms with E-state index in [0.717, 1.165) is 5.39 Å². The van der Waals surface area contributed by atoms with Gasteiger partial charge in [0, 0.05) is 34.2 Å². The van der Waals surface area contributed by atoms with E-state index in [9.17, 15) is 14.9 Å². The van der Waals surface area contributed by atoms with Gasteiger partial charge >= 0.3 is 0 Å². The van der Waals surface area contributed by atoms with Gasteiger partial charge in [0.1, 0.15) is 11.3 Å². The number of allylic oxidation sites excluding steroid dienone is 5. The zero-order valence-electron chi connectivity index (χ0n) is 21.3. The van der Waals surface area contributed by atoms with Crippen molar-refractivity contribution < 1.29 is 14.1 Å². The molecule has 0 saturated heterocycles. The number of nitro benzene ring substituents is 1. The maximum absolute atomic E-state index is 13.4. The zero-order valence-corrected chi connectivity index (χ0v) is 21.3. The van der Waals surface area contributed by atoms with Crippen LogP contribution in [-0.4, -0.2) is 10.7 Å². The molecule has 0 radical (unpaired) electrons. The van der Waals surface area contributed by atoms with Crippen molar-refractivity contribution in [2.45, 2.75) is 41.5 Å². The van der Waals surface area contributed by atoms with E-state index in [1.54, 1.807) is 12.1 Å². The number of hydrogen-bond donors (Lipinski definition) is 0. The summed E-state index contributed by atoms with van der Waals surface area (Å²) in [5, 5.41) is 21.0. The molecule has 0 atom stereocenters. The predicted molar refractivity (Wildman–Crippen MR) is 141 cm³/mol. The number of Topliss-reactive ketones (excluding diaryl/α,β-unsaturated/α-hetero) is 1. The van der Waals surface area contributed by atoms with Crippen LogP contribution in [-0.2, 0) is 4.79 Å². The van der Waals surface area contributed by atoms with Gasteiger partial charge in [0.2, 0.25) is 0 Å². The highest BCUT2D eigenvalue weighted by Gasteiger charge is 2.35. The van der Waals surface area contributed by atoms with E-state index in [-0.39, 0.29) is 11.5 Å². The number of nitrogens with zero attached hydrogens (tertiary/aromatic N) is 3. The fourth-order valence-corrected chi connectivity index (χ4v) is 4.00. The molecular weight excluding hydrogens is 454 g/mol. The lowest BCUT2D eigenvalue weighted by molar-refractivity contribution is -0.384. The molecule has 1 aliphatic rings. The topological polar surface area (TPSA) is 98.1 Å². The number of furan rings is 1. The summed E-state index contributed by atoms with van der Waals surface area (Å²) < 4.78 is 6.14. The van der Waals surface area contributed by atoms with E-state index in [1.807, 2.05) is 84.0 Å². The first kappa shape index (κ1) is 25.0. The maximum atomic E-state index is 13.4.